The third-order valence-corrected chi connectivity index (χ3v) is 2.70. The van der Waals surface area contributed by atoms with Gasteiger partial charge in [0.05, 0.1) is 24.1 Å². The van der Waals surface area contributed by atoms with Gasteiger partial charge in [0.15, 0.2) is 0 Å². The molecule has 0 spiro atoms. The summed E-state index contributed by atoms with van der Waals surface area (Å²) in [5.41, 5.74) is 6.45. The molecule has 0 aliphatic heterocycles. The van der Waals surface area contributed by atoms with E-state index in [9.17, 15) is 26.3 Å². The number of nitrogens with zero attached hydrogens (tertiary/aromatic N) is 4. The molecule has 120 valence electrons. The number of nitrogens with two attached hydrogens (primary N) is 1. The van der Waals surface area contributed by atoms with Gasteiger partial charge in [-0.05, 0) is 18.6 Å². The Morgan fingerprint density at radius 2 is 1.77 bits per heavy atom. The van der Waals surface area contributed by atoms with Crippen LogP contribution in [-0.2, 0) is 18.9 Å². The first-order chi connectivity index (χ1) is 9.98. The van der Waals surface area contributed by atoms with Crippen molar-refractivity contribution in [2.75, 3.05) is 5.73 Å². The summed E-state index contributed by atoms with van der Waals surface area (Å²) in [7, 11) is 0. The van der Waals surface area contributed by atoms with Gasteiger partial charge in [-0.15, -0.1) is 5.10 Å². The van der Waals surface area contributed by atoms with Crippen molar-refractivity contribution in [3.8, 4) is 0 Å². The molecule has 2 aromatic rings. The van der Waals surface area contributed by atoms with Crippen molar-refractivity contribution < 1.29 is 26.3 Å². The maximum atomic E-state index is 12.8. The van der Waals surface area contributed by atoms with E-state index in [1.807, 2.05) is 0 Å². The summed E-state index contributed by atoms with van der Waals surface area (Å²) in [6.07, 6.45) is -8.94. The minimum atomic E-state index is -5.07. The van der Waals surface area contributed by atoms with Crippen LogP contribution in [-0.4, -0.2) is 19.7 Å². The lowest BCUT2D eigenvalue weighted by molar-refractivity contribution is -0.150. The predicted octanol–water partition coefficient (Wildman–Crippen LogP) is 2.65. The summed E-state index contributed by atoms with van der Waals surface area (Å²) in [4.78, 5) is 6.31. The van der Waals surface area contributed by atoms with Crippen molar-refractivity contribution in [3.63, 3.8) is 0 Å². The van der Waals surface area contributed by atoms with Crippen LogP contribution in [0.2, 0.25) is 0 Å². The molecule has 0 aromatic carbocycles. The molecule has 0 bridgehead atoms. The molecule has 0 amide bonds. The van der Waals surface area contributed by atoms with Crippen molar-refractivity contribution in [1.82, 2.24) is 19.7 Å². The number of nitrogen functional groups attached to an aromatic ring is 1. The molecule has 0 fully saturated rings. The normalized spacial score (nSPS) is 12.7. The van der Waals surface area contributed by atoms with Gasteiger partial charge >= 0.3 is 12.4 Å². The zero-order chi connectivity index (χ0) is 16.7. The van der Waals surface area contributed by atoms with Gasteiger partial charge in [0, 0.05) is 0 Å². The predicted molar refractivity (Wildman–Crippen MR) is 62.5 cm³/mol. The Labute approximate surface area is 119 Å². The highest BCUT2D eigenvalue weighted by atomic mass is 19.4. The van der Waals surface area contributed by atoms with Gasteiger partial charge in [-0.3, -0.25) is 4.98 Å². The van der Waals surface area contributed by atoms with E-state index in [-0.39, 0.29) is 10.4 Å². The monoisotopic (exact) mass is 325 g/mol. The topological polar surface area (TPSA) is 69.6 Å². The molecule has 2 rings (SSSR count). The fraction of sp³-hybridized carbons (Fsp3) is 0.364. The second-order valence-corrected chi connectivity index (χ2v) is 4.44. The van der Waals surface area contributed by atoms with E-state index in [1.54, 1.807) is 6.92 Å². The van der Waals surface area contributed by atoms with E-state index >= 15 is 0 Å². The molecule has 2 N–H and O–H groups in total. The average Bonchev–Trinajstić information content (AvgIpc) is 2.77. The Morgan fingerprint density at radius 3 is 2.27 bits per heavy atom. The number of aryl methyl sites for hydroxylation is 1. The highest BCUT2D eigenvalue weighted by Crippen LogP contribution is 2.32. The minimum absolute atomic E-state index is 0.0795. The number of halogens is 6. The first-order valence-corrected chi connectivity index (χ1v) is 5.78. The SMILES string of the molecule is Cc1cc(Cn2nc(C(F)(F)F)nc2C(F)(F)F)ncc1N. The number of anilines is 1. The van der Waals surface area contributed by atoms with Gasteiger partial charge in [0.2, 0.25) is 5.82 Å². The van der Waals surface area contributed by atoms with Crippen LogP contribution >= 0.6 is 0 Å². The standard InChI is InChI=1S/C11H9F6N5/c1-5-2-6(19-3-7(5)18)4-22-9(11(15,16)17)20-8(21-22)10(12,13)14/h2-3H,4,18H2,1H3. The minimum Gasteiger partial charge on any atom is -0.397 e. The van der Waals surface area contributed by atoms with E-state index in [1.165, 1.54) is 12.3 Å². The number of hydrogen-bond donors (Lipinski definition) is 1. The Kier molecular flexibility index (Phi) is 3.75. The van der Waals surface area contributed by atoms with Crippen molar-refractivity contribution in [1.29, 1.82) is 0 Å². The molecular weight excluding hydrogens is 316 g/mol. The molecule has 0 saturated carbocycles. The van der Waals surface area contributed by atoms with Crippen LogP contribution in [0.5, 0.6) is 0 Å². The second kappa shape index (κ2) is 5.14. The zero-order valence-electron chi connectivity index (χ0n) is 11.0. The third kappa shape index (κ3) is 3.28. The molecule has 0 aliphatic carbocycles. The van der Waals surface area contributed by atoms with Gasteiger partial charge < -0.3 is 5.73 Å². The Bertz CT molecular complexity index is 687. The first-order valence-electron chi connectivity index (χ1n) is 5.78. The number of aromatic nitrogens is 4. The maximum absolute atomic E-state index is 12.8. The van der Waals surface area contributed by atoms with Crippen LogP contribution in [0, 0.1) is 6.92 Å². The van der Waals surface area contributed by atoms with Crippen LogP contribution in [0.25, 0.3) is 0 Å². The van der Waals surface area contributed by atoms with Crippen molar-refractivity contribution in [3.05, 3.63) is 35.2 Å². The largest absolute Gasteiger partial charge is 0.453 e. The quantitative estimate of drug-likeness (QED) is 0.862. The van der Waals surface area contributed by atoms with E-state index in [0.29, 0.717) is 11.3 Å². The molecule has 22 heavy (non-hydrogen) atoms. The summed E-state index contributed by atoms with van der Waals surface area (Å²) in [5.74, 6) is -3.59. The fourth-order valence-corrected chi connectivity index (χ4v) is 1.65. The molecule has 11 heteroatoms. The van der Waals surface area contributed by atoms with Gasteiger partial charge in [-0.25, -0.2) is 4.68 Å². The van der Waals surface area contributed by atoms with Crippen LogP contribution in [0.3, 0.4) is 0 Å². The molecular formula is C11H9F6N5. The van der Waals surface area contributed by atoms with Crippen LogP contribution < -0.4 is 5.73 Å². The average molecular weight is 325 g/mol. The molecule has 5 nitrogen and oxygen atoms in total. The lowest BCUT2D eigenvalue weighted by atomic mass is 10.2. The highest BCUT2D eigenvalue weighted by molar-refractivity contribution is 5.44. The van der Waals surface area contributed by atoms with Crippen molar-refractivity contribution >= 4 is 5.69 Å². The summed E-state index contributed by atoms with van der Waals surface area (Å²) >= 11 is 0. The van der Waals surface area contributed by atoms with Gasteiger partial charge in [-0.1, -0.05) is 0 Å². The van der Waals surface area contributed by atoms with E-state index in [4.69, 9.17) is 5.73 Å². The Hall–Kier alpha value is -2.33. The smallest absolute Gasteiger partial charge is 0.397 e. The number of alkyl halides is 6. The summed E-state index contributed by atoms with van der Waals surface area (Å²) in [6.45, 7) is 0.979. The Morgan fingerprint density at radius 1 is 1.14 bits per heavy atom. The van der Waals surface area contributed by atoms with Crippen LogP contribution in [0.1, 0.15) is 22.9 Å². The molecule has 2 aromatic heterocycles. The maximum Gasteiger partial charge on any atom is 0.453 e. The fourth-order valence-electron chi connectivity index (χ4n) is 1.65. The molecule has 0 atom stereocenters. The van der Waals surface area contributed by atoms with Gasteiger partial charge in [0.25, 0.3) is 5.82 Å². The number of rotatable bonds is 2. The zero-order valence-corrected chi connectivity index (χ0v) is 11.0. The van der Waals surface area contributed by atoms with Crippen molar-refractivity contribution in [2.24, 2.45) is 0 Å². The number of pyridine rings is 1. The van der Waals surface area contributed by atoms with Gasteiger partial charge in [0.1, 0.15) is 0 Å². The molecule has 0 radical (unpaired) electrons. The highest BCUT2D eigenvalue weighted by Gasteiger charge is 2.44. The molecule has 0 aliphatic rings. The van der Waals surface area contributed by atoms with E-state index in [2.05, 4.69) is 15.1 Å². The second-order valence-electron chi connectivity index (χ2n) is 4.44. The van der Waals surface area contributed by atoms with Crippen LogP contribution in [0.4, 0.5) is 32.0 Å². The van der Waals surface area contributed by atoms with E-state index in [0.717, 1.165) is 0 Å². The molecule has 0 unspecified atom stereocenters. The summed E-state index contributed by atoms with van der Waals surface area (Å²) < 4.78 is 75.9. The molecule has 0 saturated heterocycles. The lowest BCUT2D eigenvalue weighted by Gasteiger charge is -2.09. The summed E-state index contributed by atoms with van der Waals surface area (Å²) in [5, 5.41) is 2.88. The first kappa shape index (κ1) is 16.0. The third-order valence-electron chi connectivity index (χ3n) is 2.70. The summed E-state index contributed by atoms with van der Waals surface area (Å²) in [6, 6.07) is 1.37. The number of hydrogen-bond acceptors (Lipinski definition) is 4. The van der Waals surface area contributed by atoms with Gasteiger partial charge in [-0.2, -0.15) is 31.3 Å². The van der Waals surface area contributed by atoms with Crippen LogP contribution in [0.15, 0.2) is 12.3 Å². The Balaban J connectivity index is 2.44. The van der Waals surface area contributed by atoms with E-state index < -0.39 is 30.5 Å². The lowest BCUT2D eigenvalue weighted by Crippen LogP contribution is -2.17. The molecule has 2 heterocycles. The van der Waals surface area contributed by atoms with Crippen molar-refractivity contribution in [2.45, 2.75) is 25.8 Å².